The summed E-state index contributed by atoms with van der Waals surface area (Å²) in [7, 11) is -3.19. The van der Waals surface area contributed by atoms with Crippen LogP contribution in [0, 0.1) is 10.1 Å². The fourth-order valence-corrected chi connectivity index (χ4v) is 5.93. The Morgan fingerprint density at radius 3 is 2.39 bits per heavy atom. The summed E-state index contributed by atoms with van der Waals surface area (Å²) in [6.07, 6.45) is 1.89. The second-order valence-corrected chi connectivity index (χ2v) is 10.6. The first-order valence-corrected chi connectivity index (χ1v) is 11.7. The molecule has 2 aliphatic heterocycles. The van der Waals surface area contributed by atoms with Crippen molar-refractivity contribution in [3.63, 3.8) is 0 Å². The van der Waals surface area contributed by atoms with E-state index in [4.69, 9.17) is 0 Å². The molecule has 11 nitrogen and oxygen atoms in total. The molecule has 1 aromatic carbocycles. The van der Waals surface area contributed by atoms with Crippen LogP contribution in [0.15, 0.2) is 24.3 Å². The number of nitrogens with one attached hydrogen (secondary N) is 1. The Balaban J connectivity index is 1.52. The molecule has 3 fully saturated rings. The van der Waals surface area contributed by atoms with Gasteiger partial charge in [-0.05, 0) is 43.9 Å². The first-order chi connectivity index (χ1) is 14.5. The number of rotatable bonds is 6. The maximum Gasteiger partial charge on any atom is 0.325 e. The molecule has 3 aliphatic rings. The number of nitrogens with zero attached hydrogens (tertiary/aromatic N) is 3. The number of non-ortho nitro benzene ring substituents is 1. The summed E-state index contributed by atoms with van der Waals surface area (Å²) in [5, 5.41) is 13.4. The fourth-order valence-electron chi connectivity index (χ4n) is 4.22. The van der Waals surface area contributed by atoms with Crippen LogP contribution in [0.4, 0.5) is 10.5 Å². The topological polar surface area (TPSA) is 147 Å². The molecule has 31 heavy (non-hydrogen) atoms. The van der Waals surface area contributed by atoms with E-state index in [9.17, 15) is 32.9 Å². The van der Waals surface area contributed by atoms with Crippen molar-refractivity contribution in [3.8, 4) is 0 Å². The number of hydrogen-bond acceptors (Lipinski definition) is 7. The van der Waals surface area contributed by atoms with Gasteiger partial charge in [0, 0.05) is 24.2 Å². The number of benzene rings is 1. The van der Waals surface area contributed by atoms with E-state index < -0.39 is 50.7 Å². The van der Waals surface area contributed by atoms with Crippen LogP contribution < -0.4 is 5.32 Å². The number of nitro groups is 1. The number of carbonyl (C=O) groups excluding carboxylic acids is 3. The Kier molecular flexibility index (Phi) is 4.99. The summed E-state index contributed by atoms with van der Waals surface area (Å²) in [6.45, 7) is 0.987. The molecule has 0 spiro atoms. The van der Waals surface area contributed by atoms with E-state index in [0.717, 1.165) is 17.7 Å². The second kappa shape index (κ2) is 7.29. The van der Waals surface area contributed by atoms with Gasteiger partial charge < -0.3 is 10.2 Å². The van der Waals surface area contributed by atoms with Crippen LogP contribution in [0.2, 0.25) is 0 Å². The molecular formula is C19H22N4O7S. The number of imide groups is 1. The Morgan fingerprint density at radius 1 is 1.23 bits per heavy atom. The van der Waals surface area contributed by atoms with Gasteiger partial charge in [-0.3, -0.25) is 24.6 Å². The van der Waals surface area contributed by atoms with E-state index >= 15 is 0 Å². The highest BCUT2D eigenvalue weighted by Gasteiger charge is 2.51. The van der Waals surface area contributed by atoms with E-state index in [0.29, 0.717) is 12.0 Å². The Bertz CT molecular complexity index is 1070. The molecule has 1 aliphatic carbocycles. The third-order valence-electron chi connectivity index (χ3n) is 6.05. The molecule has 1 N–H and O–H groups in total. The average molecular weight is 450 g/mol. The number of nitro benzene ring substituents is 1. The van der Waals surface area contributed by atoms with Crippen LogP contribution in [-0.4, -0.2) is 71.1 Å². The van der Waals surface area contributed by atoms with E-state index in [1.165, 1.54) is 36.1 Å². The lowest BCUT2D eigenvalue weighted by Gasteiger charge is -2.30. The lowest BCUT2D eigenvalue weighted by Crippen LogP contribution is -2.49. The highest BCUT2D eigenvalue weighted by Crippen LogP contribution is 2.34. The van der Waals surface area contributed by atoms with Crippen molar-refractivity contribution in [3.05, 3.63) is 39.9 Å². The van der Waals surface area contributed by atoms with Crippen molar-refractivity contribution in [1.82, 2.24) is 15.1 Å². The molecule has 2 atom stereocenters. The molecule has 4 rings (SSSR count). The number of hydrogen-bond donors (Lipinski definition) is 1. The summed E-state index contributed by atoms with van der Waals surface area (Å²) in [5.41, 5.74) is -1.26. The molecule has 1 saturated carbocycles. The van der Waals surface area contributed by atoms with E-state index in [1.807, 2.05) is 0 Å². The Morgan fingerprint density at radius 2 is 1.87 bits per heavy atom. The summed E-state index contributed by atoms with van der Waals surface area (Å²) in [4.78, 5) is 51.3. The van der Waals surface area contributed by atoms with Gasteiger partial charge in [-0.15, -0.1) is 0 Å². The zero-order valence-electron chi connectivity index (χ0n) is 16.8. The molecule has 2 unspecified atom stereocenters. The number of carbonyl (C=O) groups is 3. The van der Waals surface area contributed by atoms with Gasteiger partial charge in [0.15, 0.2) is 9.84 Å². The number of urea groups is 1. The van der Waals surface area contributed by atoms with Gasteiger partial charge in [0.05, 0.1) is 16.4 Å². The van der Waals surface area contributed by atoms with Crippen LogP contribution in [0.1, 0.15) is 31.7 Å². The fraction of sp³-hybridized carbons (Fsp3) is 0.526. The molecule has 2 heterocycles. The quantitative estimate of drug-likeness (QED) is 0.378. The normalized spacial score (nSPS) is 27.3. The third-order valence-corrected chi connectivity index (χ3v) is 7.80. The monoisotopic (exact) mass is 450 g/mol. The largest absolute Gasteiger partial charge is 0.334 e. The Hall–Kier alpha value is -3.02. The van der Waals surface area contributed by atoms with E-state index in [-0.39, 0.29) is 23.2 Å². The lowest BCUT2D eigenvalue weighted by molar-refractivity contribution is -0.384. The van der Waals surface area contributed by atoms with Crippen molar-refractivity contribution in [2.24, 2.45) is 0 Å². The van der Waals surface area contributed by atoms with E-state index in [2.05, 4.69) is 5.32 Å². The van der Waals surface area contributed by atoms with Crippen molar-refractivity contribution >= 4 is 33.4 Å². The van der Waals surface area contributed by atoms with Crippen molar-refractivity contribution < 1.29 is 27.7 Å². The first kappa shape index (κ1) is 21.2. The number of sulfone groups is 1. The minimum absolute atomic E-state index is 0.0233. The zero-order chi connectivity index (χ0) is 22.6. The standard InChI is InChI=1S/C19H22N4O7S/c1-19(12-2-4-14(5-3-12)23(27)28)17(25)21(18(26)20-19)10-16(24)22(13-6-7-13)15-8-9-31(29,30)11-15/h2-5,13,15H,6-11H2,1H3,(H,20,26). The summed E-state index contributed by atoms with van der Waals surface area (Å²) in [6, 6.07) is 4.02. The molecule has 1 aromatic rings. The molecular weight excluding hydrogens is 428 g/mol. The maximum atomic E-state index is 13.1. The number of amides is 4. The van der Waals surface area contributed by atoms with Crippen LogP contribution >= 0.6 is 0 Å². The molecule has 166 valence electrons. The van der Waals surface area contributed by atoms with Gasteiger partial charge >= 0.3 is 6.03 Å². The molecule has 0 aromatic heterocycles. The smallest absolute Gasteiger partial charge is 0.325 e. The van der Waals surface area contributed by atoms with Gasteiger partial charge in [-0.2, -0.15) is 0 Å². The molecule has 12 heteroatoms. The predicted octanol–water partition coefficient (Wildman–Crippen LogP) is 0.540. The maximum absolute atomic E-state index is 13.1. The van der Waals surface area contributed by atoms with Crippen LogP contribution in [0.5, 0.6) is 0 Å². The summed E-state index contributed by atoms with van der Waals surface area (Å²) < 4.78 is 23.7. The molecule has 2 saturated heterocycles. The summed E-state index contributed by atoms with van der Waals surface area (Å²) in [5.74, 6) is -1.18. The highest BCUT2D eigenvalue weighted by atomic mass is 32.2. The van der Waals surface area contributed by atoms with Crippen LogP contribution in [0.25, 0.3) is 0 Å². The van der Waals surface area contributed by atoms with Gasteiger partial charge in [-0.25, -0.2) is 13.2 Å². The predicted molar refractivity (Wildman–Crippen MR) is 108 cm³/mol. The average Bonchev–Trinajstić information content (AvgIpc) is 3.43. The summed E-state index contributed by atoms with van der Waals surface area (Å²) >= 11 is 0. The SMILES string of the molecule is CC1(c2ccc([N+](=O)[O-])cc2)NC(=O)N(CC(=O)N(C2CC2)C2CCS(=O)(=O)C2)C1=O. The minimum atomic E-state index is -3.19. The lowest BCUT2D eigenvalue weighted by atomic mass is 9.92. The minimum Gasteiger partial charge on any atom is -0.334 e. The van der Waals surface area contributed by atoms with Gasteiger partial charge in [0.1, 0.15) is 12.1 Å². The van der Waals surface area contributed by atoms with Gasteiger partial charge in [-0.1, -0.05) is 0 Å². The van der Waals surface area contributed by atoms with Crippen molar-refractivity contribution in [2.75, 3.05) is 18.1 Å². The highest BCUT2D eigenvalue weighted by molar-refractivity contribution is 7.91. The Labute approximate surface area is 178 Å². The van der Waals surface area contributed by atoms with Gasteiger partial charge in [0.25, 0.3) is 11.6 Å². The molecule has 0 radical (unpaired) electrons. The van der Waals surface area contributed by atoms with Crippen LogP contribution in [-0.2, 0) is 25.0 Å². The second-order valence-electron chi connectivity index (χ2n) is 8.34. The van der Waals surface area contributed by atoms with Gasteiger partial charge in [0.2, 0.25) is 5.91 Å². The molecule has 0 bridgehead atoms. The first-order valence-electron chi connectivity index (χ1n) is 9.92. The molecule has 4 amide bonds. The third kappa shape index (κ3) is 3.87. The van der Waals surface area contributed by atoms with Crippen LogP contribution in [0.3, 0.4) is 0 Å². The van der Waals surface area contributed by atoms with E-state index in [1.54, 1.807) is 0 Å². The van der Waals surface area contributed by atoms with Crippen molar-refractivity contribution in [2.45, 2.75) is 43.8 Å². The zero-order valence-corrected chi connectivity index (χ0v) is 17.6. The van der Waals surface area contributed by atoms with Crippen molar-refractivity contribution in [1.29, 1.82) is 0 Å².